The van der Waals surface area contributed by atoms with Crippen molar-refractivity contribution in [3.8, 4) is 0 Å². The lowest BCUT2D eigenvalue weighted by atomic mass is 9.72. The maximum absolute atomic E-state index is 13.5. The third kappa shape index (κ3) is 8.23. The van der Waals surface area contributed by atoms with Gasteiger partial charge in [-0.1, -0.05) is 64.1 Å². The molecule has 0 aromatic heterocycles. The summed E-state index contributed by atoms with van der Waals surface area (Å²) in [6.07, 6.45) is 3.01. The number of amides is 1. The number of benzene rings is 2. The molecule has 2 aromatic rings. The van der Waals surface area contributed by atoms with Gasteiger partial charge in [0.2, 0.25) is 0 Å². The van der Waals surface area contributed by atoms with Gasteiger partial charge in [0.05, 0.1) is 12.6 Å². The Morgan fingerprint density at radius 1 is 1.12 bits per heavy atom. The van der Waals surface area contributed by atoms with Crippen LogP contribution in [0.15, 0.2) is 42.5 Å². The molecule has 1 aliphatic rings. The van der Waals surface area contributed by atoms with E-state index in [2.05, 4.69) is 31.3 Å². The second-order valence-corrected chi connectivity index (χ2v) is 13.0. The fourth-order valence-electron chi connectivity index (χ4n) is 5.61. The smallest absolute Gasteiger partial charge is 0.407 e. The van der Waals surface area contributed by atoms with E-state index in [9.17, 15) is 14.7 Å². The zero-order valence-corrected chi connectivity index (χ0v) is 25.5. The van der Waals surface area contributed by atoms with Gasteiger partial charge < -0.3 is 24.8 Å². The number of aliphatic hydroxyl groups excluding tert-OH is 1. The number of ether oxygens (including phenoxy) is 2. The van der Waals surface area contributed by atoms with Gasteiger partial charge in [-0.05, 0) is 86.1 Å². The van der Waals surface area contributed by atoms with E-state index in [0.29, 0.717) is 6.42 Å². The number of esters is 1. The highest BCUT2D eigenvalue weighted by atomic mass is 16.6. The van der Waals surface area contributed by atoms with Gasteiger partial charge >= 0.3 is 12.1 Å². The molecule has 0 saturated heterocycles. The van der Waals surface area contributed by atoms with Crippen molar-refractivity contribution < 1.29 is 24.2 Å². The van der Waals surface area contributed by atoms with Crippen LogP contribution in [0.5, 0.6) is 0 Å². The topological polar surface area (TPSA) is 88.1 Å². The third-order valence-electron chi connectivity index (χ3n) is 7.58. The van der Waals surface area contributed by atoms with Gasteiger partial charge in [-0.3, -0.25) is 0 Å². The quantitative estimate of drug-likeness (QED) is 0.355. The van der Waals surface area contributed by atoms with Crippen LogP contribution < -0.4 is 10.2 Å². The Labute approximate surface area is 240 Å². The van der Waals surface area contributed by atoms with Gasteiger partial charge in [0, 0.05) is 12.7 Å². The number of aryl methyl sites for hydroxylation is 1. The maximum Gasteiger partial charge on any atom is 0.407 e. The van der Waals surface area contributed by atoms with E-state index in [-0.39, 0.29) is 30.5 Å². The van der Waals surface area contributed by atoms with Crippen molar-refractivity contribution in [3.05, 3.63) is 64.7 Å². The molecule has 220 valence electrons. The van der Waals surface area contributed by atoms with Crippen LogP contribution in [0.3, 0.4) is 0 Å². The van der Waals surface area contributed by atoms with Crippen LogP contribution in [0.1, 0.15) is 83.6 Å². The summed E-state index contributed by atoms with van der Waals surface area (Å²) >= 11 is 0. The monoisotopic (exact) mass is 552 g/mol. The van der Waals surface area contributed by atoms with E-state index in [1.807, 2.05) is 76.9 Å². The van der Waals surface area contributed by atoms with Crippen molar-refractivity contribution in [1.29, 1.82) is 0 Å². The highest BCUT2D eigenvalue weighted by molar-refractivity contribution is 5.81. The molecule has 7 heteroatoms. The zero-order chi connectivity index (χ0) is 29.7. The Bertz CT molecular complexity index is 1150. The van der Waals surface area contributed by atoms with E-state index in [1.54, 1.807) is 0 Å². The fourth-order valence-corrected chi connectivity index (χ4v) is 5.61. The molecular weight excluding hydrogens is 504 g/mol. The number of hydrogen-bond donors (Lipinski definition) is 2. The standard InChI is InChI=1S/C33H48N2O5/c1-22(2)29(30(37)39-21-23-13-10-9-11-14-23)35(8)28-19-27-24(15-12-16-33(27,6)7)17-25(28)18-26(20-36)34-31(38)40-32(3,4)5/h9-11,13-14,17,19,22,26,29,36H,12,15-16,18,20-21H2,1-8H3,(H,34,38)/t26?,29-/m0/s1. The maximum atomic E-state index is 13.5. The van der Waals surface area contributed by atoms with Gasteiger partial charge in [0.25, 0.3) is 0 Å². The molecule has 0 heterocycles. The summed E-state index contributed by atoms with van der Waals surface area (Å²) in [6.45, 7) is 14.0. The first kappa shape index (κ1) is 31.5. The average molecular weight is 553 g/mol. The van der Waals surface area contributed by atoms with Gasteiger partial charge in [0.15, 0.2) is 0 Å². The van der Waals surface area contributed by atoms with Gasteiger partial charge in [-0.2, -0.15) is 0 Å². The zero-order valence-electron chi connectivity index (χ0n) is 25.5. The first-order chi connectivity index (χ1) is 18.7. The van der Waals surface area contributed by atoms with Crippen molar-refractivity contribution in [2.75, 3.05) is 18.6 Å². The average Bonchev–Trinajstić information content (AvgIpc) is 2.86. The van der Waals surface area contributed by atoms with Gasteiger partial charge in [0.1, 0.15) is 18.2 Å². The lowest BCUT2D eigenvalue weighted by molar-refractivity contribution is -0.147. The fraction of sp³-hybridized carbons (Fsp3) is 0.576. The number of nitrogens with one attached hydrogen (secondary N) is 1. The number of alkyl carbamates (subject to hydrolysis) is 1. The minimum Gasteiger partial charge on any atom is -0.459 e. The minimum absolute atomic E-state index is 0.00793. The number of likely N-dealkylation sites (N-methyl/N-ethyl adjacent to an activating group) is 1. The summed E-state index contributed by atoms with van der Waals surface area (Å²) in [7, 11) is 1.94. The number of fused-ring (bicyclic) bond motifs is 1. The predicted octanol–water partition coefficient (Wildman–Crippen LogP) is 5.93. The molecule has 2 N–H and O–H groups in total. The lowest BCUT2D eigenvalue weighted by Crippen LogP contribution is -2.45. The SMILES string of the molecule is CC(C)[C@@H](C(=O)OCc1ccccc1)N(C)c1cc2c(cc1CC(CO)NC(=O)OC(C)(C)C)CCCC2(C)C. The number of carbonyl (C=O) groups is 2. The molecule has 40 heavy (non-hydrogen) atoms. The number of rotatable bonds is 10. The summed E-state index contributed by atoms with van der Waals surface area (Å²) in [5.41, 5.74) is 4.75. The van der Waals surface area contributed by atoms with Crippen molar-refractivity contribution >= 4 is 17.7 Å². The molecule has 0 spiro atoms. The molecule has 0 aliphatic heterocycles. The lowest BCUT2D eigenvalue weighted by Gasteiger charge is -2.38. The second kappa shape index (κ2) is 13.1. The number of carbonyl (C=O) groups excluding carboxylic acids is 2. The summed E-state index contributed by atoms with van der Waals surface area (Å²) in [5, 5.41) is 13.0. The summed E-state index contributed by atoms with van der Waals surface area (Å²) in [5.74, 6) is -0.298. The molecule has 0 saturated carbocycles. The number of aliphatic hydroxyl groups is 1. The highest BCUT2D eigenvalue weighted by Crippen LogP contribution is 2.41. The number of nitrogens with zero attached hydrogens (tertiary/aromatic N) is 1. The van der Waals surface area contributed by atoms with Crippen LogP contribution in [0.25, 0.3) is 0 Å². The molecule has 2 aromatic carbocycles. The number of anilines is 1. The highest BCUT2D eigenvalue weighted by Gasteiger charge is 2.34. The van der Waals surface area contributed by atoms with Gasteiger partial charge in [-0.25, -0.2) is 9.59 Å². The first-order valence-electron chi connectivity index (χ1n) is 14.4. The Morgan fingerprint density at radius 2 is 1.80 bits per heavy atom. The predicted molar refractivity (Wildman–Crippen MR) is 160 cm³/mol. The van der Waals surface area contributed by atoms with Crippen molar-refractivity contribution in [3.63, 3.8) is 0 Å². The van der Waals surface area contributed by atoms with Crippen LogP contribution in [-0.2, 0) is 39.1 Å². The Kier molecular flexibility index (Phi) is 10.3. The molecule has 0 radical (unpaired) electrons. The van der Waals surface area contributed by atoms with Crippen molar-refractivity contribution in [2.24, 2.45) is 5.92 Å². The van der Waals surface area contributed by atoms with Crippen molar-refractivity contribution in [1.82, 2.24) is 5.32 Å². The minimum atomic E-state index is -0.641. The Hall–Kier alpha value is -3.06. The third-order valence-corrected chi connectivity index (χ3v) is 7.58. The van der Waals surface area contributed by atoms with Crippen LogP contribution >= 0.6 is 0 Å². The molecule has 3 rings (SSSR count). The van der Waals surface area contributed by atoms with Gasteiger partial charge in [-0.15, -0.1) is 0 Å². The molecule has 2 atom stereocenters. The van der Waals surface area contributed by atoms with Crippen LogP contribution in [0.4, 0.5) is 10.5 Å². The molecule has 1 amide bonds. The normalized spacial score (nSPS) is 16.1. The van der Waals surface area contributed by atoms with Crippen LogP contribution in [0, 0.1) is 5.92 Å². The summed E-state index contributed by atoms with van der Waals surface area (Å²) in [4.78, 5) is 28.0. The molecule has 1 aliphatic carbocycles. The molecule has 0 bridgehead atoms. The Balaban J connectivity index is 1.95. The van der Waals surface area contributed by atoms with Crippen LogP contribution in [0.2, 0.25) is 0 Å². The van der Waals surface area contributed by atoms with E-state index in [4.69, 9.17) is 9.47 Å². The number of hydrogen-bond acceptors (Lipinski definition) is 6. The summed E-state index contributed by atoms with van der Waals surface area (Å²) < 4.78 is 11.2. The Morgan fingerprint density at radius 3 is 2.40 bits per heavy atom. The first-order valence-corrected chi connectivity index (χ1v) is 14.4. The van der Waals surface area contributed by atoms with Crippen molar-refractivity contribution in [2.45, 2.75) is 104 Å². The van der Waals surface area contributed by atoms with E-state index in [1.165, 1.54) is 11.1 Å². The van der Waals surface area contributed by atoms with E-state index in [0.717, 1.165) is 36.1 Å². The molecule has 0 fully saturated rings. The molecular formula is C33H48N2O5. The van der Waals surface area contributed by atoms with Crippen LogP contribution in [-0.4, -0.2) is 48.5 Å². The van der Waals surface area contributed by atoms with E-state index >= 15 is 0 Å². The largest absolute Gasteiger partial charge is 0.459 e. The molecule has 1 unspecified atom stereocenters. The second-order valence-electron chi connectivity index (χ2n) is 13.0. The summed E-state index contributed by atoms with van der Waals surface area (Å²) in [6, 6.07) is 13.0. The van der Waals surface area contributed by atoms with E-state index < -0.39 is 23.8 Å². The molecule has 7 nitrogen and oxygen atoms in total.